The van der Waals surface area contributed by atoms with Gasteiger partial charge in [0.05, 0.1) is 23.2 Å². The molecule has 2 aromatic rings. The minimum absolute atomic E-state index is 0.0297. The van der Waals surface area contributed by atoms with Crippen molar-refractivity contribution >= 4 is 27.1 Å². The molecule has 0 spiro atoms. The van der Waals surface area contributed by atoms with Crippen LogP contribution in [0.2, 0.25) is 0 Å². The minimum atomic E-state index is -3.30. The number of thiophene rings is 1. The summed E-state index contributed by atoms with van der Waals surface area (Å²) in [5.41, 5.74) is 0. The molecule has 1 aromatic heterocycles. The molecule has 1 aliphatic rings. The van der Waals surface area contributed by atoms with E-state index in [4.69, 9.17) is 4.99 Å². The number of guanidine groups is 1. The zero-order valence-electron chi connectivity index (χ0n) is 16.9. The van der Waals surface area contributed by atoms with Crippen molar-refractivity contribution in [3.8, 4) is 0 Å². The van der Waals surface area contributed by atoms with Crippen LogP contribution in [-0.2, 0) is 9.84 Å². The van der Waals surface area contributed by atoms with Crippen LogP contribution in [0.15, 0.2) is 57.7 Å². The van der Waals surface area contributed by atoms with E-state index >= 15 is 0 Å². The van der Waals surface area contributed by atoms with Crippen molar-refractivity contribution in [3.63, 3.8) is 0 Å². The van der Waals surface area contributed by atoms with Gasteiger partial charge in [-0.1, -0.05) is 24.3 Å². The van der Waals surface area contributed by atoms with Crippen LogP contribution in [0.5, 0.6) is 0 Å². The Morgan fingerprint density at radius 3 is 2.55 bits per heavy atom. The Hall–Kier alpha value is -1.90. The number of nitrogens with zero attached hydrogens (tertiary/aromatic N) is 2. The van der Waals surface area contributed by atoms with Gasteiger partial charge in [0.1, 0.15) is 0 Å². The fourth-order valence-corrected chi connectivity index (χ4v) is 5.52. The second-order valence-electron chi connectivity index (χ2n) is 7.05. The highest BCUT2D eigenvalue weighted by Crippen LogP contribution is 2.28. The number of nitrogens with one attached hydrogen (secondary N) is 2. The van der Waals surface area contributed by atoms with Gasteiger partial charge in [0.2, 0.25) is 0 Å². The number of benzene rings is 1. The maximum Gasteiger partial charge on any atom is 0.191 e. The number of sulfone groups is 1. The van der Waals surface area contributed by atoms with Gasteiger partial charge in [0, 0.05) is 18.0 Å². The zero-order valence-corrected chi connectivity index (χ0v) is 18.5. The van der Waals surface area contributed by atoms with Crippen molar-refractivity contribution in [1.29, 1.82) is 0 Å². The second kappa shape index (κ2) is 10.8. The van der Waals surface area contributed by atoms with E-state index in [2.05, 4.69) is 33.0 Å². The van der Waals surface area contributed by atoms with Gasteiger partial charge in [-0.25, -0.2) is 8.42 Å². The first-order valence-electron chi connectivity index (χ1n) is 10.2. The van der Waals surface area contributed by atoms with E-state index in [1.54, 1.807) is 35.6 Å². The molecular formula is C21H30N4O2S2. The summed E-state index contributed by atoms with van der Waals surface area (Å²) in [7, 11) is -3.30. The topological polar surface area (TPSA) is 73.8 Å². The summed E-state index contributed by atoms with van der Waals surface area (Å²) in [4.78, 5) is 8.96. The Morgan fingerprint density at radius 2 is 1.90 bits per heavy atom. The smallest absolute Gasteiger partial charge is 0.191 e. The minimum Gasteiger partial charge on any atom is -0.357 e. The summed E-state index contributed by atoms with van der Waals surface area (Å²) in [5, 5.41) is 8.52. The zero-order chi connectivity index (χ0) is 20.5. The monoisotopic (exact) mass is 434 g/mol. The lowest BCUT2D eigenvalue weighted by molar-refractivity contribution is 0.255. The molecule has 0 radical (unpaired) electrons. The van der Waals surface area contributed by atoms with Gasteiger partial charge in [-0.3, -0.25) is 9.89 Å². The van der Waals surface area contributed by atoms with Gasteiger partial charge in [-0.2, -0.15) is 0 Å². The van der Waals surface area contributed by atoms with E-state index in [0.29, 0.717) is 23.9 Å². The average Bonchev–Trinajstić information content (AvgIpc) is 3.43. The first-order valence-corrected chi connectivity index (χ1v) is 12.7. The number of aliphatic imine (C=N–C) groups is 1. The quantitative estimate of drug-likeness (QED) is 0.469. The summed E-state index contributed by atoms with van der Waals surface area (Å²) in [5.74, 6) is 0.693. The van der Waals surface area contributed by atoms with Crippen molar-refractivity contribution in [1.82, 2.24) is 15.5 Å². The van der Waals surface area contributed by atoms with E-state index in [9.17, 15) is 8.42 Å². The molecule has 8 heteroatoms. The van der Waals surface area contributed by atoms with Crippen LogP contribution in [0, 0.1) is 0 Å². The second-order valence-corrected chi connectivity index (χ2v) is 10.1. The van der Waals surface area contributed by atoms with E-state index < -0.39 is 9.84 Å². The van der Waals surface area contributed by atoms with Gasteiger partial charge in [-0.05, 0) is 56.4 Å². The molecule has 1 aliphatic heterocycles. The normalized spacial score (nSPS) is 16.7. The molecule has 0 saturated carbocycles. The largest absolute Gasteiger partial charge is 0.357 e. The van der Waals surface area contributed by atoms with E-state index in [0.717, 1.165) is 19.6 Å². The summed E-state index contributed by atoms with van der Waals surface area (Å²) < 4.78 is 24.9. The van der Waals surface area contributed by atoms with Gasteiger partial charge in [-0.15, -0.1) is 11.3 Å². The molecule has 1 saturated heterocycles. The molecular weight excluding hydrogens is 404 g/mol. The SMILES string of the molecule is CCNC(=NCC(c1cccs1)N1CCCC1)NCCS(=O)(=O)c1ccccc1. The Balaban J connectivity index is 1.61. The molecule has 1 fully saturated rings. The van der Waals surface area contributed by atoms with Crippen LogP contribution in [0.4, 0.5) is 0 Å². The Morgan fingerprint density at radius 1 is 1.14 bits per heavy atom. The lowest BCUT2D eigenvalue weighted by Gasteiger charge is -2.25. The van der Waals surface area contributed by atoms with Gasteiger partial charge < -0.3 is 10.6 Å². The van der Waals surface area contributed by atoms with Gasteiger partial charge in [0.25, 0.3) is 0 Å². The predicted molar refractivity (Wildman–Crippen MR) is 120 cm³/mol. The van der Waals surface area contributed by atoms with Crippen LogP contribution in [-0.4, -0.2) is 57.8 Å². The van der Waals surface area contributed by atoms with Crippen LogP contribution >= 0.6 is 11.3 Å². The summed E-state index contributed by atoms with van der Waals surface area (Å²) in [6.07, 6.45) is 2.47. The molecule has 1 atom stereocenters. The van der Waals surface area contributed by atoms with E-state index in [1.165, 1.54) is 17.7 Å². The van der Waals surface area contributed by atoms with Crippen molar-refractivity contribution < 1.29 is 8.42 Å². The number of rotatable bonds is 9. The summed E-state index contributed by atoms with van der Waals surface area (Å²) in [6.45, 7) is 5.92. The number of hydrogen-bond donors (Lipinski definition) is 2. The summed E-state index contributed by atoms with van der Waals surface area (Å²) in [6, 6.07) is 13.1. The molecule has 0 aliphatic carbocycles. The first kappa shape index (κ1) is 21.8. The van der Waals surface area contributed by atoms with Crippen molar-refractivity contribution in [2.24, 2.45) is 4.99 Å². The lowest BCUT2D eigenvalue weighted by Crippen LogP contribution is -2.40. The molecule has 0 bridgehead atoms. The molecule has 0 amide bonds. The first-order chi connectivity index (χ1) is 14.1. The van der Waals surface area contributed by atoms with E-state index in [1.807, 2.05) is 13.0 Å². The molecule has 6 nitrogen and oxygen atoms in total. The van der Waals surface area contributed by atoms with Crippen molar-refractivity contribution in [2.75, 3.05) is 38.5 Å². The number of hydrogen-bond acceptors (Lipinski definition) is 5. The Bertz CT molecular complexity index is 861. The number of likely N-dealkylation sites (tertiary alicyclic amines) is 1. The van der Waals surface area contributed by atoms with Crippen LogP contribution in [0.25, 0.3) is 0 Å². The molecule has 3 rings (SSSR count). The molecule has 158 valence electrons. The third-order valence-corrected chi connectivity index (χ3v) is 7.69. The lowest BCUT2D eigenvalue weighted by atomic mass is 10.2. The Kier molecular flexibility index (Phi) is 8.09. The third-order valence-electron chi connectivity index (χ3n) is 4.99. The maximum atomic E-state index is 12.5. The highest BCUT2D eigenvalue weighted by Gasteiger charge is 2.24. The molecule has 2 N–H and O–H groups in total. The molecule has 29 heavy (non-hydrogen) atoms. The fourth-order valence-electron chi connectivity index (χ4n) is 3.49. The van der Waals surface area contributed by atoms with Crippen molar-refractivity contribution in [2.45, 2.75) is 30.7 Å². The van der Waals surface area contributed by atoms with Crippen molar-refractivity contribution in [3.05, 3.63) is 52.7 Å². The Labute approximate surface area is 178 Å². The van der Waals surface area contributed by atoms with Crippen LogP contribution in [0.3, 0.4) is 0 Å². The molecule has 1 aromatic carbocycles. The standard InChI is InChI=1S/C21H30N4O2S2/c1-2-22-21(23-12-16-29(26,27)18-9-4-3-5-10-18)24-17-19(20-11-8-15-28-20)25-13-6-7-14-25/h3-5,8-11,15,19H,2,6-7,12-14,16-17H2,1H3,(H2,22,23,24). The van der Waals surface area contributed by atoms with Crippen LogP contribution in [0.1, 0.15) is 30.7 Å². The highest BCUT2D eigenvalue weighted by atomic mass is 32.2. The van der Waals surface area contributed by atoms with Gasteiger partial charge >= 0.3 is 0 Å². The molecule has 1 unspecified atom stereocenters. The summed E-state index contributed by atoms with van der Waals surface area (Å²) >= 11 is 1.77. The van der Waals surface area contributed by atoms with Crippen LogP contribution < -0.4 is 10.6 Å². The predicted octanol–water partition coefficient (Wildman–Crippen LogP) is 2.91. The average molecular weight is 435 g/mol. The maximum absolute atomic E-state index is 12.5. The van der Waals surface area contributed by atoms with E-state index in [-0.39, 0.29) is 11.8 Å². The van der Waals surface area contributed by atoms with Gasteiger partial charge in [0.15, 0.2) is 15.8 Å². The highest BCUT2D eigenvalue weighted by molar-refractivity contribution is 7.91. The fraction of sp³-hybridized carbons (Fsp3) is 0.476. The molecule has 2 heterocycles. The third kappa shape index (κ3) is 6.29.